The van der Waals surface area contributed by atoms with Crippen LogP contribution in [0.15, 0.2) is 30.3 Å². The van der Waals surface area contributed by atoms with Gasteiger partial charge in [0.05, 0.1) is 13.2 Å². The number of carbonyl (C=O) groups excluding carboxylic acids is 1. The summed E-state index contributed by atoms with van der Waals surface area (Å²) in [6.07, 6.45) is 2.50. The van der Waals surface area contributed by atoms with Gasteiger partial charge in [0.15, 0.2) is 5.60 Å². The van der Waals surface area contributed by atoms with E-state index < -0.39 is 5.60 Å². The van der Waals surface area contributed by atoms with Crippen molar-refractivity contribution in [2.45, 2.75) is 24.9 Å². The number of hydrogen-bond acceptors (Lipinski definition) is 4. The molecule has 0 aromatic heterocycles. The van der Waals surface area contributed by atoms with Crippen LogP contribution in [0.1, 0.15) is 24.8 Å². The summed E-state index contributed by atoms with van der Waals surface area (Å²) in [6, 6.07) is 9.50. The number of aliphatic hydroxyl groups excluding tert-OH is 2. The quantitative estimate of drug-likeness (QED) is 0.817. The second-order valence-corrected chi connectivity index (χ2v) is 5.24. The molecule has 1 fully saturated rings. The molecule has 2 N–H and O–H groups in total. The number of rotatable bonds is 6. The number of aliphatic hydroxyl groups is 2. The highest BCUT2D eigenvalue weighted by Gasteiger charge is 2.44. The Hall–Kier alpha value is -1.43. The summed E-state index contributed by atoms with van der Waals surface area (Å²) in [6.45, 7) is 0.703. The van der Waals surface area contributed by atoms with E-state index in [4.69, 9.17) is 14.9 Å². The van der Waals surface area contributed by atoms with Gasteiger partial charge in [0.2, 0.25) is 0 Å². The zero-order valence-corrected chi connectivity index (χ0v) is 12.2. The van der Waals surface area contributed by atoms with Crippen LogP contribution in [0.4, 0.5) is 0 Å². The van der Waals surface area contributed by atoms with Crippen molar-refractivity contribution < 1.29 is 19.7 Å². The van der Waals surface area contributed by atoms with Gasteiger partial charge >= 0.3 is 0 Å². The molecule has 1 unspecified atom stereocenters. The summed E-state index contributed by atoms with van der Waals surface area (Å²) in [7, 11) is 0. The summed E-state index contributed by atoms with van der Waals surface area (Å²) in [5, 5.41) is 18.3. The number of hydrogen-bond donors (Lipinski definition) is 2. The third kappa shape index (κ3) is 3.43. The number of ether oxygens (including phenoxy) is 1. The molecule has 1 amide bonds. The molecular formula is C16H23NO4. The predicted molar refractivity (Wildman–Crippen MR) is 78.7 cm³/mol. The Morgan fingerprint density at radius 3 is 2.33 bits per heavy atom. The molecule has 0 saturated carbocycles. The third-order valence-corrected chi connectivity index (χ3v) is 3.88. The second-order valence-electron chi connectivity index (χ2n) is 5.24. The van der Waals surface area contributed by atoms with Gasteiger partial charge in [-0.25, -0.2) is 0 Å². The van der Waals surface area contributed by atoms with E-state index >= 15 is 0 Å². The average Bonchev–Trinajstić information content (AvgIpc) is 2.55. The smallest absolute Gasteiger partial charge is 0.259 e. The highest BCUT2D eigenvalue weighted by atomic mass is 16.5. The SMILES string of the molecule is O=C(N(CCO)CCO)C1(c2ccccc2)CCCCO1. The van der Waals surface area contributed by atoms with Gasteiger partial charge in [0, 0.05) is 19.7 Å². The van der Waals surface area contributed by atoms with Gasteiger partial charge in [0.1, 0.15) is 0 Å². The first-order valence-corrected chi connectivity index (χ1v) is 7.45. The standard InChI is InChI=1S/C16H23NO4/c18-11-9-17(10-12-19)15(20)16(8-4-5-13-21-16)14-6-2-1-3-7-14/h1-3,6-7,18-19H,4-5,8-13H2. The fourth-order valence-electron chi connectivity index (χ4n) is 2.83. The Kier molecular flexibility index (Phi) is 5.73. The van der Waals surface area contributed by atoms with Gasteiger partial charge in [-0.1, -0.05) is 30.3 Å². The highest BCUT2D eigenvalue weighted by molar-refractivity contribution is 5.87. The Bertz CT molecular complexity index is 437. The largest absolute Gasteiger partial charge is 0.395 e. The van der Waals surface area contributed by atoms with Gasteiger partial charge in [0.25, 0.3) is 5.91 Å². The van der Waals surface area contributed by atoms with Gasteiger partial charge < -0.3 is 19.8 Å². The summed E-state index contributed by atoms with van der Waals surface area (Å²) in [4.78, 5) is 14.5. The van der Waals surface area contributed by atoms with Crippen molar-refractivity contribution in [1.29, 1.82) is 0 Å². The van der Waals surface area contributed by atoms with E-state index in [2.05, 4.69) is 0 Å². The van der Waals surface area contributed by atoms with Crippen molar-refractivity contribution in [2.24, 2.45) is 0 Å². The molecule has 0 bridgehead atoms. The molecule has 0 aliphatic carbocycles. The van der Waals surface area contributed by atoms with Crippen LogP contribution < -0.4 is 0 Å². The van der Waals surface area contributed by atoms with E-state index in [1.54, 1.807) is 0 Å². The minimum atomic E-state index is -0.982. The summed E-state index contributed by atoms with van der Waals surface area (Å²) >= 11 is 0. The lowest BCUT2D eigenvalue weighted by Crippen LogP contribution is -2.51. The Balaban J connectivity index is 2.32. The van der Waals surface area contributed by atoms with Gasteiger partial charge in [-0.2, -0.15) is 0 Å². The molecule has 5 heteroatoms. The van der Waals surface area contributed by atoms with Crippen molar-refractivity contribution in [3.63, 3.8) is 0 Å². The molecule has 1 heterocycles. The van der Waals surface area contributed by atoms with E-state index in [9.17, 15) is 4.79 Å². The van der Waals surface area contributed by atoms with Crippen molar-refractivity contribution in [1.82, 2.24) is 4.90 Å². The molecule has 1 aliphatic heterocycles. The molecule has 1 atom stereocenters. The van der Waals surface area contributed by atoms with E-state index in [-0.39, 0.29) is 32.2 Å². The molecule has 1 aliphatic rings. The Labute approximate surface area is 125 Å². The Morgan fingerprint density at radius 2 is 1.81 bits per heavy atom. The second kappa shape index (κ2) is 7.54. The van der Waals surface area contributed by atoms with Crippen LogP contribution in [0.5, 0.6) is 0 Å². The monoisotopic (exact) mass is 293 g/mol. The topological polar surface area (TPSA) is 70.0 Å². The van der Waals surface area contributed by atoms with Crippen LogP contribution in [0, 0.1) is 0 Å². The van der Waals surface area contributed by atoms with E-state index in [0.717, 1.165) is 18.4 Å². The van der Waals surface area contributed by atoms with Crippen LogP contribution in [0.25, 0.3) is 0 Å². The van der Waals surface area contributed by atoms with Crippen molar-refractivity contribution in [3.05, 3.63) is 35.9 Å². The number of benzene rings is 1. The molecule has 0 radical (unpaired) electrons. The van der Waals surface area contributed by atoms with Gasteiger partial charge in [-0.3, -0.25) is 4.79 Å². The van der Waals surface area contributed by atoms with Crippen molar-refractivity contribution >= 4 is 5.91 Å². The normalized spacial score (nSPS) is 22.0. The summed E-state index contributed by atoms with van der Waals surface area (Å²) in [5.74, 6) is -0.170. The van der Waals surface area contributed by atoms with Crippen LogP contribution in [0.3, 0.4) is 0 Å². The minimum absolute atomic E-state index is 0.128. The Morgan fingerprint density at radius 1 is 1.14 bits per heavy atom. The number of amides is 1. The molecule has 21 heavy (non-hydrogen) atoms. The minimum Gasteiger partial charge on any atom is -0.395 e. The lowest BCUT2D eigenvalue weighted by molar-refractivity contribution is -0.168. The third-order valence-electron chi connectivity index (χ3n) is 3.88. The van der Waals surface area contributed by atoms with Crippen LogP contribution in [-0.2, 0) is 15.1 Å². The molecule has 0 spiro atoms. The molecule has 1 saturated heterocycles. The molecular weight excluding hydrogens is 270 g/mol. The van der Waals surface area contributed by atoms with Crippen molar-refractivity contribution in [2.75, 3.05) is 32.9 Å². The highest BCUT2D eigenvalue weighted by Crippen LogP contribution is 2.36. The zero-order valence-electron chi connectivity index (χ0n) is 12.2. The van der Waals surface area contributed by atoms with Crippen LogP contribution in [-0.4, -0.2) is 53.9 Å². The van der Waals surface area contributed by atoms with E-state index in [1.165, 1.54) is 4.90 Å². The lowest BCUT2D eigenvalue weighted by Gasteiger charge is -2.39. The maximum Gasteiger partial charge on any atom is 0.259 e. The average molecular weight is 293 g/mol. The zero-order chi connectivity index (χ0) is 15.1. The molecule has 1 aromatic carbocycles. The van der Waals surface area contributed by atoms with Gasteiger partial charge in [-0.05, 0) is 24.8 Å². The summed E-state index contributed by atoms with van der Waals surface area (Å²) in [5.41, 5.74) is -0.139. The maximum absolute atomic E-state index is 13.0. The van der Waals surface area contributed by atoms with Crippen molar-refractivity contribution in [3.8, 4) is 0 Å². The molecule has 1 aromatic rings. The molecule has 5 nitrogen and oxygen atoms in total. The molecule has 116 valence electrons. The van der Waals surface area contributed by atoms with Crippen LogP contribution in [0.2, 0.25) is 0 Å². The first-order valence-electron chi connectivity index (χ1n) is 7.45. The first-order chi connectivity index (χ1) is 10.2. The number of nitrogens with zero attached hydrogens (tertiary/aromatic N) is 1. The van der Waals surface area contributed by atoms with E-state index in [1.807, 2.05) is 30.3 Å². The predicted octanol–water partition coefficient (Wildman–Crippen LogP) is 0.896. The number of carbonyl (C=O) groups is 1. The fourth-order valence-corrected chi connectivity index (χ4v) is 2.83. The maximum atomic E-state index is 13.0. The lowest BCUT2D eigenvalue weighted by atomic mass is 9.85. The van der Waals surface area contributed by atoms with E-state index in [0.29, 0.717) is 13.0 Å². The fraction of sp³-hybridized carbons (Fsp3) is 0.562. The van der Waals surface area contributed by atoms with Gasteiger partial charge in [-0.15, -0.1) is 0 Å². The van der Waals surface area contributed by atoms with Crippen LogP contribution >= 0.6 is 0 Å². The summed E-state index contributed by atoms with van der Waals surface area (Å²) < 4.78 is 5.93. The molecule has 2 rings (SSSR count). The first kappa shape index (κ1) is 15.9.